The van der Waals surface area contributed by atoms with Crippen LogP contribution in [0.15, 0.2) is 57.1 Å². The average Bonchev–Trinajstić information content (AvgIpc) is 3.07. The highest BCUT2D eigenvalue weighted by molar-refractivity contribution is 9.10. The van der Waals surface area contributed by atoms with Gasteiger partial charge in [-0.2, -0.15) is 4.90 Å². The maximum atomic E-state index is 13.3. The fraction of sp³-hybridized carbons (Fsp3) is 0.320. The number of Topliss-reactive ketones (excluding diaryl/α,β-unsaturated/α-hetero) is 1. The van der Waals surface area contributed by atoms with Crippen molar-refractivity contribution in [3.05, 3.63) is 62.7 Å². The maximum absolute atomic E-state index is 13.3. The number of aromatic hydroxyl groups is 1. The number of carbonyl (C=O) groups excluding carboxylic acids is 5. The van der Waals surface area contributed by atoms with E-state index in [0.29, 0.717) is 26.1 Å². The van der Waals surface area contributed by atoms with Crippen LogP contribution >= 0.6 is 15.9 Å². The summed E-state index contributed by atoms with van der Waals surface area (Å²) < 4.78 is 5.31. The molecule has 0 spiro atoms. The van der Waals surface area contributed by atoms with Crippen LogP contribution in [0.25, 0.3) is 0 Å². The molecule has 8 nitrogen and oxygen atoms in total. The Morgan fingerprint density at radius 1 is 1.15 bits per heavy atom. The minimum atomic E-state index is -1.04. The molecule has 3 aliphatic carbocycles. The van der Waals surface area contributed by atoms with Gasteiger partial charge in [0.25, 0.3) is 0 Å². The molecular weight excluding hydrogens is 506 g/mol. The normalized spacial score (nSPS) is 28.3. The van der Waals surface area contributed by atoms with Crippen molar-refractivity contribution >= 4 is 45.4 Å². The number of rotatable bonds is 1. The van der Waals surface area contributed by atoms with Crippen molar-refractivity contribution in [3.8, 4) is 5.75 Å². The number of phenolic OH excluding ortho intramolecular Hbond substituents is 1. The molecule has 0 aromatic heterocycles. The van der Waals surface area contributed by atoms with Crippen molar-refractivity contribution in [2.75, 3.05) is 7.11 Å². The molecule has 0 saturated carbocycles. The standard InChI is InChI=1S/C25H20BrNO7/c1-10-7-18(29)21-16(22(10)30)9-14-12(19(21)15-8-11(26)3-6-17(15)28)4-5-13-20(14)24(32)27(23(13)31)25(33)34-2/h3-4,6-8,13-14,19-20,28H,5,9H2,1-2H3/t13-,14+,19+,20-/m0/s1. The first-order chi connectivity index (χ1) is 16.1. The summed E-state index contributed by atoms with van der Waals surface area (Å²) in [5, 5.41) is 10.7. The number of phenols is 1. The number of benzene rings is 1. The Kier molecular flexibility index (Phi) is 5.20. The van der Waals surface area contributed by atoms with Gasteiger partial charge in [0.15, 0.2) is 11.6 Å². The molecule has 1 saturated heterocycles. The Hall–Kier alpha value is -3.33. The van der Waals surface area contributed by atoms with Crippen molar-refractivity contribution in [2.24, 2.45) is 17.8 Å². The van der Waals surface area contributed by atoms with Crippen LogP contribution in [-0.4, -0.2) is 46.6 Å². The minimum Gasteiger partial charge on any atom is -0.508 e. The van der Waals surface area contributed by atoms with E-state index in [-0.39, 0.29) is 41.3 Å². The van der Waals surface area contributed by atoms with Gasteiger partial charge in [-0.25, -0.2) is 4.79 Å². The number of hydrogen-bond donors (Lipinski definition) is 1. The molecule has 34 heavy (non-hydrogen) atoms. The third-order valence-corrected chi connectivity index (χ3v) is 7.71. The molecule has 5 rings (SSSR count). The van der Waals surface area contributed by atoms with Gasteiger partial charge in [0.2, 0.25) is 11.8 Å². The smallest absolute Gasteiger partial charge is 0.423 e. The Balaban J connectivity index is 1.70. The highest BCUT2D eigenvalue weighted by Crippen LogP contribution is 2.56. The number of ketones is 2. The zero-order chi connectivity index (χ0) is 24.5. The van der Waals surface area contributed by atoms with Crippen LogP contribution in [0.2, 0.25) is 0 Å². The number of nitrogens with zero attached hydrogens (tertiary/aromatic N) is 1. The summed E-state index contributed by atoms with van der Waals surface area (Å²) in [5.74, 6) is -4.93. The van der Waals surface area contributed by atoms with Crippen molar-refractivity contribution in [2.45, 2.75) is 25.7 Å². The minimum absolute atomic E-state index is 0.0553. The fourth-order valence-electron chi connectivity index (χ4n) is 5.77. The van der Waals surface area contributed by atoms with Crippen molar-refractivity contribution in [1.82, 2.24) is 4.90 Å². The van der Waals surface area contributed by atoms with Gasteiger partial charge < -0.3 is 9.84 Å². The Morgan fingerprint density at radius 3 is 2.59 bits per heavy atom. The number of halogens is 1. The number of allylic oxidation sites excluding steroid dienone is 6. The molecule has 0 unspecified atom stereocenters. The van der Waals surface area contributed by atoms with Gasteiger partial charge in [-0.05, 0) is 50.0 Å². The van der Waals surface area contributed by atoms with Gasteiger partial charge in [0.05, 0.1) is 18.9 Å². The quantitative estimate of drug-likeness (QED) is 0.339. The fourth-order valence-corrected chi connectivity index (χ4v) is 6.14. The van der Waals surface area contributed by atoms with Crippen LogP contribution in [0.1, 0.15) is 31.2 Å². The molecule has 9 heteroatoms. The molecule has 0 bridgehead atoms. The highest BCUT2D eigenvalue weighted by Gasteiger charge is 2.58. The van der Waals surface area contributed by atoms with E-state index in [4.69, 9.17) is 0 Å². The first-order valence-corrected chi connectivity index (χ1v) is 11.6. The first-order valence-electron chi connectivity index (χ1n) is 10.8. The summed E-state index contributed by atoms with van der Waals surface area (Å²) in [7, 11) is 1.10. The molecule has 3 amide bonds. The lowest BCUT2D eigenvalue weighted by Gasteiger charge is -2.42. The van der Waals surface area contributed by atoms with Gasteiger partial charge in [-0.3, -0.25) is 19.2 Å². The second-order valence-electron chi connectivity index (χ2n) is 8.91. The zero-order valence-corrected chi connectivity index (χ0v) is 19.9. The lowest BCUT2D eigenvalue weighted by Crippen LogP contribution is -2.40. The van der Waals surface area contributed by atoms with Crippen LogP contribution in [0.4, 0.5) is 4.79 Å². The topological polar surface area (TPSA) is 118 Å². The van der Waals surface area contributed by atoms with Crippen molar-refractivity contribution < 1.29 is 33.8 Å². The summed E-state index contributed by atoms with van der Waals surface area (Å²) in [5.41, 5.74) is 1.98. The first kappa shape index (κ1) is 22.5. The van der Waals surface area contributed by atoms with Gasteiger partial charge in [0, 0.05) is 32.7 Å². The molecular formula is C25H20BrNO7. The molecule has 4 atom stereocenters. The van der Waals surface area contributed by atoms with Gasteiger partial charge in [0.1, 0.15) is 5.75 Å². The Bertz CT molecular complexity index is 1300. The van der Waals surface area contributed by atoms with E-state index >= 15 is 0 Å². The molecule has 1 fully saturated rings. The zero-order valence-electron chi connectivity index (χ0n) is 18.3. The average molecular weight is 526 g/mol. The monoisotopic (exact) mass is 525 g/mol. The molecule has 0 radical (unpaired) electrons. The Morgan fingerprint density at radius 2 is 1.88 bits per heavy atom. The van der Waals surface area contributed by atoms with E-state index in [0.717, 1.165) is 7.11 Å². The van der Waals surface area contributed by atoms with E-state index in [1.54, 1.807) is 19.1 Å². The summed E-state index contributed by atoms with van der Waals surface area (Å²) in [6.07, 6.45) is 2.37. The number of likely N-dealkylation sites (tertiary alicyclic amines) is 1. The van der Waals surface area contributed by atoms with E-state index in [1.807, 2.05) is 6.08 Å². The van der Waals surface area contributed by atoms with E-state index in [9.17, 15) is 29.1 Å². The molecule has 1 aromatic rings. The molecule has 1 N–H and O–H groups in total. The van der Waals surface area contributed by atoms with Crippen LogP contribution in [0, 0.1) is 17.8 Å². The van der Waals surface area contributed by atoms with E-state index < -0.39 is 41.6 Å². The van der Waals surface area contributed by atoms with Gasteiger partial charge in [-0.15, -0.1) is 0 Å². The number of carbonyl (C=O) groups is 5. The summed E-state index contributed by atoms with van der Waals surface area (Å²) in [6, 6.07) is 4.84. The molecule has 1 heterocycles. The molecule has 174 valence electrons. The second kappa shape index (κ2) is 7.87. The number of hydrogen-bond acceptors (Lipinski definition) is 7. The lowest BCUT2D eigenvalue weighted by molar-refractivity contribution is -0.137. The number of imide groups is 3. The molecule has 4 aliphatic rings. The predicted octanol–water partition coefficient (Wildman–Crippen LogP) is 3.35. The van der Waals surface area contributed by atoms with Crippen LogP contribution < -0.4 is 0 Å². The van der Waals surface area contributed by atoms with Crippen molar-refractivity contribution in [1.29, 1.82) is 0 Å². The predicted molar refractivity (Wildman–Crippen MR) is 121 cm³/mol. The number of ether oxygens (including phenoxy) is 1. The third kappa shape index (κ3) is 3.06. The van der Waals surface area contributed by atoms with Gasteiger partial charge >= 0.3 is 6.09 Å². The van der Waals surface area contributed by atoms with Crippen molar-refractivity contribution in [3.63, 3.8) is 0 Å². The third-order valence-electron chi connectivity index (χ3n) is 7.22. The van der Waals surface area contributed by atoms with Crippen LogP contribution in [0.3, 0.4) is 0 Å². The lowest BCUT2D eigenvalue weighted by atomic mass is 9.59. The number of methoxy groups -OCH3 is 1. The SMILES string of the molecule is COC(=O)N1C(=O)[C@H]2[C@H](CC=C3[C@H](c4cc(Br)ccc4O)C4=C(C[C@H]32)C(=O)C(C)=CC4=O)C1=O. The summed E-state index contributed by atoms with van der Waals surface area (Å²) >= 11 is 3.40. The second-order valence-corrected chi connectivity index (χ2v) is 9.83. The summed E-state index contributed by atoms with van der Waals surface area (Å²) in [4.78, 5) is 65.2. The van der Waals surface area contributed by atoms with Gasteiger partial charge in [-0.1, -0.05) is 27.6 Å². The Labute approximate surface area is 203 Å². The molecule has 1 aromatic carbocycles. The molecule has 1 aliphatic heterocycles. The highest BCUT2D eigenvalue weighted by atomic mass is 79.9. The number of amides is 3. The number of fused-ring (bicyclic) bond motifs is 3. The summed E-state index contributed by atoms with van der Waals surface area (Å²) in [6.45, 7) is 1.56. The van der Waals surface area contributed by atoms with Crippen LogP contribution in [0.5, 0.6) is 5.75 Å². The van der Waals surface area contributed by atoms with E-state index in [1.165, 1.54) is 12.1 Å². The maximum Gasteiger partial charge on any atom is 0.423 e. The van der Waals surface area contributed by atoms with Crippen LogP contribution in [-0.2, 0) is 23.9 Å². The largest absolute Gasteiger partial charge is 0.508 e. The van der Waals surface area contributed by atoms with E-state index in [2.05, 4.69) is 20.7 Å².